The number of hydrogen-bond acceptors (Lipinski definition) is 7. The molecule has 1 amide bonds. The molecule has 0 saturated heterocycles. The molecule has 146 valence electrons. The third-order valence-electron chi connectivity index (χ3n) is 3.95. The lowest BCUT2D eigenvalue weighted by Gasteiger charge is -2.05. The number of thioether (sulfide) groups is 1. The van der Waals surface area contributed by atoms with E-state index in [1.807, 2.05) is 19.1 Å². The fourth-order valence-electron chi connectivity index (χ4n) is 2.35. The van der Waals surface area contributed by atoms with Gasteiger partial charge in [0.1, 0.15) is 5.03 Å². The van der Waals surface area contributed by atoms with E-state index in [0.29, 0.717) is 22.0 Å². The molecular weight excluding hydrogens is 392 g/mol. The average molecular weight is 408 g/mol. The van der Waals surface area contributed by atoms with Crippen molar-refractivity contribution in [3.63, 3.8) is 0 Å². The highest BCUT2D eigenvalue weighted by atomic mass is 32.2. The van der Waals surface area contributed by atoms with Crippen molar-refractivity contribution in [3.05, 3.63) is 87.5 Å². The minimum absolute atomic E-state index is 0.0663. The predicted octanol–water partition coefficient (Wildman–Crippen LogP) is 3.92. The van der Waals surface area contributed by atoms with Crippen LogP contribution >= 0.6 is 11.8 Å². The van der Waals surface area contributed by atoms with Crippen LogP contribution in [-0.4, -0.2) is 32.6 Å². The van der Waals surface area contributed by atoms with E-state index in [-0.39, 0.29) is 23.1 Å². The molecule has 1 N–H and O–H groups in total. The number of nitro benzene ring substituents is 1. The smallest absolute Gasteiger partial charge is 0.269 e. The SMILES string of the molecule is Cc1ccc(C(=O)Nc2ccc(SCC(=O)c3ccc([N+](=O)[O-])cc3)nn2)cc1. The van der Waals surface area contributed by atoms with Crippen molar-refractivity contribution >= 4 is 35.0 Å². The van der Waals surface area contributed by atoms with Crippen molar-refractivity contribution < 1.29 is 14.5 Å². The zero-order valence-electron chi connectivity index (χ0n) is 15.4. The van der Waals surface area contributed by atoms with E-state index in [1.165, 1.54) is 36.0 Å². The Morgan fingerprint density at radius 2 is 1.62 bits per heavy atom. The van der Waals surface area contributed by atoms with E-state index in [9.17, 15) is 19.7 Å². The van der Waals surface area contributed by atoms with Crippen LogP contribution in [0.2, 0.25) is 0 Å². The lowest BCUT2D eigenvalue weighted by atomic mass is 10.1. The molecule has 0 aliphatic heterocycles. The third kappa shape index (κ3) is 5.45. The minimum atomic E-state index is -0.516. The molecule has 9 heteroatoms. The Kier molecular flexibility index (Phi) is 6.30. The molecule has 0 unspecified atom stereocenters. The molecular formula is C20H16N4O4S. The predicted molar refractivity (Wildman–Crippen MR) is 109 cm³/mol. The van der Waals surface area contributed by atoms with Crippen LogP contribution in [0.25, 0.3) is 0 Å². The normalized spacial score (nSPS) is 10.4. The Morgan fingerprint density at radius 3 is 2.21 bits per heavy atom. The van der Waals surface area contributed by atoms with Gasteiger partial charge in [-0.15, -0.1) is 10.2 Å². The van der Waals surface area contributed by atoms with Gasteiger partial charge in [-0.25, -0.2) is 0 Å². The van der Waals surface area contributed by atoms with Gasteiger partial charge in [-0.1, -0.05) is 29.5 Å². The number of aromatic nitrogens is 2. The van der Waals surface area contributed by atoms with Gasteiger partial charge in [0.15, 0.2) is 11.6 Å². The summed E-state index contributed by atoms with van der Waals surface area (Å²) in [5, 5.41) is 21.8. The van der Waals surface area contributed by atoms with Crippen molar-refractivity contribution in [2.75, 3.05) is 11.1 Å². The van der Waals surface area contributed by atoms with Gasteiger partial charge < -0.3 is 5.32 Å². The summed E-state index contributed by atoms with van der Waals surface area (Å²) in [6.07, 6.45) is 0. The van der Waals surface area contributed by atoms with Gasteiger partial charge in [0.05, 0.1) is 10.7 Å². The fraction of sp³-hybridized carbons (Fsp3) is 0.100. The molecule has 3 rings (SSSR count). The summed E-state index contributed by atoms with van der Waals surface area (Å²) < 4.78 is 0. The van der Waals surface area contributed by atoms with E-state index in [2.05, 4.69) is 15.5 Å². The number of nitro groups is 1. The number of non-ortho nitro benzene ring substituents is 1. The number of carbonyl (C=O) groups is 2. The second-order valence-electron chi connectivity index (χ2n) is 6.09. The fourth-order valence-corrected chi connectivity index (χ4v) is 3.06. The monoisotopic (exact) mass is 408 g/mol. The van der Waals surface area contributed by atoms with Crippen LogP contribution in [0, 0.1) is 17.0 Å². The summed E-state index contributed by atoms with van der Waals surface area (Å²) in [6, 6.07) is 15.9. The first-order valence-electron chi connectivity index (χ1n) is 8.54. The molecule has 1 aromatic heterocycles. The number of aryl methyl sites for hydroxylation is 1. The first-order chi connectivity index (χ1) is 13.9. The molecule has 0 radical (unpaired) electrons. The zero-order chi connectivity index (χ0) is 20.8. The number of benzene rings is 2. The molecule has 0 atom stereocenters. The maximum Gasteiger partial charge on any atom is 0.269 e. The zero-order valence-corrected chi connectivity index (χ0v) is 16.2. The second kappa shape index (κ2) is 9.07. The number of nitrogens with one attached hydrogen (secondary N) is 1. The van der Waals surface area contributed by atoms with Crippen molar-refractivity contribution in [3.8, 4) is 0 Å². The lowest BCUT2D eigenvalue weighted by Crippen LogP contribution is -2.13. The molecule has 0 spiro atoms. The van der Waals surface area contributed by atoms with Gasteiger partial charge in [-0.05, 0) is 43.3 Å². The van der Waals surface area contributed by atoms with Crippen LogP contribution in [0.3, 0.4) is 0 Å². The van der Waals surface area contributed by atoms with Crippen molar-refractivity contribution in [1.82, 2.24) is 10.2 Å². The number of amides is 1. The summed E-state index contributed by atoms with van der Waals surface area (Å²) in [7, 11) is 0. The minimum Gasteiger partial charge on any atom is -0.305 e. The summed E-state index contributed by atoms with van der Waals surface area (Å²) in [5.74, 6) is -0.0419. The van der Waals surface area contributed by atoms with Crippen LogP contribution in [0.4, 0.5) is 11.5 Å². The Hall–Kier alpha value is -3.59. The number of Topliss-reactive ketones (excluding diaryl/α,β-unsaturated/α-hetero) is 1. The van der Waals surface area contributed by atoms with Gasteiger partial charge in [0.25, 0.3) is 11.6 Å². The first-order valence-corrected chi connectivity index (χ1v) is 9.53. The molecule has 8 nitrogen and oxygen atoms in total. The maximum atomic E-state index is 12.2. The average Bonchev–Trinajstić information content (AvgIpc) is 2.73. The summed E-state index contributed by atoms with van der Waals surface area (Å²) >= 11 is 1.19. The van der Waals surface area contributed by atoms with Gasteiger partial charge in [-0.2, -0.15) is 0 Å². The summed E-state index contributed by atoms with van der Waals surface area (Å²) in [6.45, 7) is 1.94. The third-order valence-corrected chi connectivity index (χ3v) is 4.87. The van der Waals surface area contributed by atoms with E-state index in [4.69, 9.17) is 0 Å². The Bertz CT molecular complexity index is 1040. The van der Waals surface area contributed by atoms with Crippen LogP contribution in [0.1, 0.15) is 26.3 Å². The van der Waals surface area contributed by atoms with E-state index < -0.39 is 4.92 Å². The Balaban J connectivity index is 1.54. The summed E-state index contributed by atoms with van der Waals surface area (Å²) in [4.78, 5) is 34.5. The van der Waals surface area contributed by atoms with Crippen molar-refractivity contribution in [2.45, 2.75) is 11.9 Å². The molecule has 0 aliphatic rings. The van der Waals surface area contributed by atoms with Crippen LogP contribution in [0.15, 0.2) is 65.7 Å². The number of ketones is 1. The van der Waals surface area contributed by atoms with Gasteiger partial charge in [0, 0.05) is 23.3 Å². The highest BCUT2D eigenvalue weighted by Crippen LogP contribution is 2.19. The highest BCUT2D eigenvalue weighted by molar-refractivity contribution is 7.99. The molecule has 0 aliphatic carbocycles. The maximum absolute atomic E-state index is 12.2. The lowest BCUT2D eigenvalue weighted by molar-refractivity contribution is -0.384. The largest absolute Gasteiger partial charge is 0.305 e. The Morgan fingerprint density at radius 1 is 0.966 bits per heavy atom. The number of hydrogen-bond donors (Lipinski definition) is 1. The van der Waals surface area contributed by atoms with Gasteiger partial charge >= 0.3 is 0 Å². The first kappa shape index (κ1) is 20.2. The van der Waals surface area contributed by atoms with Crippen molar-refractivity contribution in [2.24, 2.45) is 0 Å². The topological polar surface area (TPSA) is 115 Å². The number of carbonyl (C=O) groups excluding carboxylic acids is 2. The highest BCUT2D eigenvalue weighted by Gasteiger charge is 2.11. The van der Waals surface area contributed by atoms with Crippen molar-refractivity contribution in [1.29, 1.82) is 0 Å². The molecule has 2 aromatic carbocycles. The molecule has 3 aromatic rings. The van der Waals surface area contributed by atoms with Crippen LogP contribution in [-0.2, 0) is 0 Å². The van der Waals surface area contributed by atoms with Gasteiger partial charge in [-0.3, -0.25) is 19.7 Å². The van der Waals surface area contributed by atoms with E-state index in [1.54, 1.807) is 24.3 Å². The molecule has 0 saturated carbocycles. The van der Waals surface area contributed by atoms with Gasteiger partial charge in [0.2, 0.25) is 0 Å². The summed E-state index contributed by atoms with van der Waals surface area (Å²) in [5.41, 5.74) is 1.90. The Labute approximate surface area is 170 Å². The van der Waals surface area contributed by atoms with E-state index in [0.717, 1.165) is 5.56 Å². The second-order valence-corrected chi connectivity index (χ2v) is 7.09. The number of rotatable bonds is 7. The molecule has 0 bridgehead atoms. The number of nitrogens with zero attached hydrogens (tertiary/aromatic N) is 3. The molecule has 1 heterocycles. The quantitative estimate of drug-likeness (QED) is 0.273. The van der Waals surface area contributed by atoms with Crippen LogP contribution < -0.4 is 5.32 Å². The molecule has 0 fully saturated rings. The van der Waals surface area contributed by atoms with Crippen LogP contribution in [0.5, 0.6) is 0 Å². The standard InChI is InChI=1S/C20H16N4O4S/c1-13-2-4-15(5-3-13)20(26)21-18-10-11-19(23-22-18)29-12-17(25)14-6-8-16(9-7-14)24(27)28/h2-11H,12H2,1H3,(H,21,22,26). The number of anilines is 1. The van der Waals surface area contributed by atoms with E-state index >= 15 is 0 Å². The molecule has 29 heavy (non-hydrogen) atoms.